The molecule has 1 N–H and O–H groups in total. The number of hydrogen-bond acceptors (Lipinski definition) is 5. The van der Waals surface area contributed by atoms with E-state index in [-0.39, 0.29) is 18.9 Å². The summed E-state index contributed by atoms with van der Waals surface area (Å²) < 4.78 is 11.5. The highest BCUT2D eigenvalue weighted by Gasteiger charge is 2.37. The van der Waals surface area contributed by atoms with Gasteiger partial charge < -0.3 is 19.7 Å². The summed E-state index contributed by atoms with van der Waals surface area (Å²) in [6, 6.07) is 12.2. The van der Waals surface area contributed by atoms with Gasteiger partial charge >= 0.3 is 5.97 Å². The van der Waals surface area contributed by atoms with Gasteiger partial charge in [0.25, 0.3) is 5.91 Å². The lowest BCUT2D eigenvalue weighted by molar-refractivity contribution is -0.151. The molecule has 1 saturated heterocycles. The summed E-state index contributed by atoms with van der Waals surface area (Å²) >= 11 is 9.34. The molecule has 0 saturated carbocycles. The molecule has 1 fully saturated rings. The average Bonchev–Trinajstić information content (AvgIpc) is 3.10. The molecule has 0 unspecified atom stereocenters. The third-order valence-corrected chi connectivity index (χ3v) is 5.27. The Bertz CT molecular complexity index is 968. The van der Waals surface area contributed by atoms with Gasteiger partial charge in [-0.15, -0.1) is 0 Å². The number of ether oxygens (including phenoxy) is 2. The van der Waals surface area contributed by atoms with Gasteiger partial charge in [0.15, 0.2) is 6.61 Å². The number of nitrogens with one attached hydrogen (secondary N) is 1. The van der Waals surface area contributed by atoms with E-state index in [9.17, 15) is 14.4 Å². The Morgan fingerprint density at radius 2 is 2.03 bits per heavy atom. The van der Waals surface area contributed by atoms with Crippen LogP contribution in [0.25, 0.3) is 0 Å². The van der Waals surface area contributed by atoms with Gasteiger partial charge in [0.05, 0.1) is 28.9 Å². The number of benzene rings is 2. The summed E-state index contributed by atoms with van der Waals surface area (Å²) in [5, 5.41) is 2.94. The van der Waals surface area contributed by atoms with E-state index in [0.29, 0.717) is 28.8 Å². The van der Waals surface area contributed by atoms with Crippen LogP contribution in [0.4, 0.5) is 11.4 Å². The molecule has 2 aromatic carbocycles. The normalized spacial score (nSPS) is 15.8. The fourth-order valence-electron chi connectivity index (χ4n) is 3.09. The second-order valence-electron chi connectivity index (χ2n) is 6.59. The topological polar surface area (TPSA) is 84.9 Å². The van der Waals surface area contributed by atoms with Crippen LogP contribution in [-0.4, -0.2) is 37.5 Å². The van der Waals surface area contributed by atoms with Crippen LogP contribution < -0.4 is 15.0 Å². The summed E-state index contributed by atoms with van der Waals surface area (Å²) in [5.41, 5.74) is 1.03. The summed E-state index contributed by atoms with van der Waals surface area (Å²) in [5.74, 6) is -1.40. The SMILES string of the molecule is CCOc1ccccc1N1C[C@H](C(=O)OCC(=O)Nc2ccc(Br)cc2Cl)CC1=O. The lowest BCUT2D eigenvalue weighted by atomic mass is 10.1. The van der Waals surface area contributed by atoms with Crippen LogP contribution in [0.3, 0.4) is 0 Å². The van der Waals surface area contributed by atoms with Crippen molar-refractivity contribution in [2.24, 2.45) is 5.92 Å². The molecule has 2 aromatic rings. The van der Waals surface area contributed by atoms with Crippen molar-refractivity contribution in [3.8, 4) is 5.75 Å². The molecule has 1 heterocycles. The molecular formula is C21H20BrClN2O5. The first-order valence-electron chi connectivity index (χ1n) is 9.32. The minimum atomic E-state index is -0.656. The fourth-order valence-corrected chi connectivity index (χ4v) is 3.81. The highest BCUT2D eigenvalue weighted by Crippen LogP contribution is 2.33. The first-order valence-corrected chi connectivity index (χ1v) is 10.5. The lowest BCUT2D eigenvalue weighted by Gasteiger charge is -2.20. The maximum absolute atomic E-state index is 12.5. The van der Waals surface area contributed by atoms with Gasteiger partial charge in [-0.1, -0.05) is 39.7 Å². The number of esters is 1. The molecule has 0 aromatic heterocycles. The van der Waals surface area contributed by atoms with Crippen LogP contribution in [0.5, 0.6) is 5.75 Å². The Morgan fingerprint density at radius 1 is 1.27 bits per heavy atom. The molecule has 1 aliphatic rings. The van der Waals surface area contributed by atoms with Crippen molar-refractivity contribution in [2.75, 3.05) is 30.0 Å². The van der Waals surface area contributed by atoms with Crippen LogP contribution in [0.15, 0.2) is 46.9 Å². The van der Waals surface area contributed by atoms with Crippen LogP contribution in [0.2, 0.25) is 5.02 Å². The van der Waals surface area contributed by atoms with Crippen molar-refractivity contribution in [1.29, 1.82) is 0 Å². The van der Waals surface area contributed by atoms with Crippen molar-refractivity contribution in [3.63, 3.8) is 0 Å². The number of anilines is 2. The average molecular weight is 496 g/mol. The van der Waals surface area contributed by atoms with Crippen molar-refractivity contribution in [2.45, 2.75) is 13.3 Å². The summed E-state index contributed by atoms with van der Waals surface area (Å²) in [6.45, 7) is 2.02. The Kier molecular flexibility index (Phi) is 7.33. The zero-order valence-corrected chi connectivity index (χ0v) is 18.5. The Balaban J connectivity index is 1.56. The highest BCUT2D eigenvalue weighted by atomic mass is 79.9. The van der Waals surface area contributed by atoms with Crippen molar-refractivity contribution >= 4 is 56.7 Å². The van der Waals surface area contributed by atoms with Gasteiger partial charge in [-0.25, -0.2) is 0 Å². The number of amides is 2. The number of rotatable bonds is 7. The number of carbonyl (C=O) groups is 3. The smallest absolute Gasteiger partial charge is 0.311 e. The van der Waals surface area contributed by atoms with E-state index in [1.54, 1.807) is 36.4 Å². The molecule has 1 atom stereocenters. The fraction of sp³-hybridized carbons (Fsp3) is 0.286. The van der Waals surface area contributed by atoms with E-state index >= 15 is 0 Å². The molecule has 9 heteroatoms. The molecule has 1 aliphatic heterocycles. The minimum Gasteiger partial charge on any atom is -0.492 e. The molecular weight excluding hydrogens is 476 g/mol. The first kappa shape index (κ1) is 22.1. The van der Waals surface area contributed by atoms with Gasteiger partial charge in [-0.05, 0) is 37.3 Å². The molecule has 158 valence electrons. The molecule has 0 bridgehead atoms. The Morgan fingerprint density at radius 3 is 2.77 bits per heavy atom. The van der Waals surface area contributed by atoms with Crippen LogP contribution in [-0.2, 0) is 19.1 Å². The third kappa shape index (κ3) is 5.31. The van der Waals surface area contributed by atoms with Crippen molar-refractivity contribution in [3.05, 3.63) is 52.0 Å². The van der Waals surface area contributed by atoms with E-state index in [2.05, 4.69) is 21.2 Å². The quantitative estimate of drug-likeness (QED) is 0.586. The molecule has 0 spiro atoms. The van der Waals surface area contributed by atoms with Crippen molar-refractivity contribution < 1.29 is 23.9 Å². The molecule has 0 radical (unpaired) electrons. The number of carbonyl (C=O) groups excluding carboxylic acids is 3. The summed E-state index contributed by atoms with van der Waals surface area (Å²) in [6.07, 6.45) is 0.0133. The van der Waals surface area contributed by atoms with E-state index in [4.69, 9.17) is 21.1 Å². The molecule has 7 nitrogen and oxygen atoms in total. The summed E-state index contributed by atoms with van der Waals surface area (Å²) in [4.78, 5) is 38.5. The molecule has 3 rings (SSSR count). The Labute approximate surface area is 187 Å². The van der Waals surface area contributed by atoms with E-state index in [1.807, 2.05) is 13.0 Å². The van der Waals surface area contributed by atoms with Crippen molar-refractivity contribution in [1.82, 2.24) is 0 Å². The van der Waals surface area contributed by atoms with E-state index < -0.39 is 24.4 Å². The maximum Gasteiger partial charge on any atom is 0.311 e. The predicted molar refractivity (Wildman–Crippen MR) is 117 cm³/mol. The molecule has 30 heavy (non-hydrogen) atoms. The van der Waals surface area contributed by atoms with Gasteiger partial charge in [0.2, 0.25) is 5.91 Å². The van der Waals surface area contributed by atoms with Crippen LogP contribution in [0, 0.1) is 5.92 Å². The maximum atomic E-state index is 12.5. The van der Waals surface area contributed by atoms with Gasteiger partial charge in [-0.3, -0.25) is 14.4 Å². The second-order valence-corrected chi connectivity index (χ2v) is 7.91. The van der Waals surface area contributed by atoms with Gasteiger partial charge in [0, 0.05) is 17.4 Å². The van der Waals surface area contributed by atoms with Gasteiger partial charge in [-0.2, -0.15) is 0 Å². The van der Waals surface area contributed by atoms with Gasteiger partial charge in [0.1, 0.15) is 5.75 Å². The number of hydrogen-bond donors (Lipinski definition) is 1. The molecule has 0 aliphatic carbocycles. The van der Waals surface area contributed by atoms with Crippen LogP contribution in [0.1, 0.15) is 13.3 Å². The molecule has 2 amide bonds. The number of nitrogens with zero attached hydrogens (tertiary/aromatic N) is 1. The highest BCUT2D eigenvalue weighted by molar-refractivity contribution is 9.10. The van der Waals surface area contributed by atoms with E-state index in [0.717, 1.165) is 4.47 Å². The zero-order valence-electron chi connectivity index (χ0n) is 16.2. The van der Waals surface area contributed by atoms with E-state index in [1.165, 1.54) is 4.90 Å². The monoisotopic (exact) mass is 494 g/mol. The first-order chi connectivity index (χ1) is 14.4. The minimum absolute atomic E-state index is 0.0133. The standard InChI is InChI=1S/C21H20BrClN2O5/c1-2-29-18-6-4-3-5-17(18)25-11-13(9-20(25)27)21(28)30-12-19(26)24-16-8-7-14(22)10-15(16)23/h3-8,10,13H,2,9,11-12H2,1H3,(H,24,26)/t13-/m1/s1. The summed E-state index contributed by atoms with van der Waals surface area (Å²) in [7, 11) is 0. The number of para-hydroxylation sites is 2. The third-order valence-electron chi connectivity index (χ3n) is 4.47. The lowest BCUT2D eigenvalue weighted by Crippen LogP contribution is -2.28. The number of halogens is 2. The second kappa shape index (κ2) is 9.95. The predicted octanol–water partition coefficient (Wildman–Crippen LogP) is 4.04. The zero-order chi connectivity index (χ0) is 21.7. The largest absolute Gasteiger partial charge is 0.492 e. The van der Waals surface area contributed by atoms with Crippen LogP contribution >= 0.6 is 27.5 Å². The Hall–Kier alpha value is -2.58.